The lowest BCUT2D eigenvalue weighted by Gasteiger charge is -2.30. The number of aromatic nitrogens is 1. The van der Waals surface area contributed by atoms with E-state index in [0.29, 0.717) is 0 Å². The standard InChI is InChI=1S/C16H19N3OS/c1-11-4-2-3-5-13(11)14-10-21-16(18-14)19-8-6-12(7-9-19)15(17)20/h2-5,10,12H,6-9H2,1H3,(H2,17,20). The Morgan fingerprint density at radius 2 is 2.05 bits per heavy atom. The highest BCUT2D eigenvalue weighted by Gasteiger charge is 2.24. The normalized spacial score (nSPS) is 16.1. The van der Waals surface area contributed by atoms with Gasteiger partial charge in [0.2, 0.25) is 5.91 Å². The van der Waals surface area contributed by atoms with E-state index >= 15 is 0 Å². The molecule has 21 heavy (non-hydrogen) atoms. The van der Waals surface area contributed by atoms with Crippen molar-refractivity contribution in [3.05, 3.63) is 35.2 Å². The molecule has 1 fully saturated rings. The predicted octanol–water partition coefficient (Wildman–Crippen LogP) is 2.82. The molecule has 0 saturated carbocycles. The van der Waals surface area contributed by atoms with E-state index in [4.69, 9.17) is 10.7 Å². The largest absolute Gasteiger partial charge is 0.369 e. The van der Waals surface area contributed by atoms with Gasteiger partial charge in [-0.05, 0) is 25.3 Å². The molecule has 0 bridgehead atoms. The van der Waals surface area contributed by atoms with Crippen molar-refractivity contribution in [2.75, 3.05) is 18.0 Å². The molecule has 0 unspecified atom stereocenters. The van der Waals surface area contributed by atoms with Crippen molar-refractivity contribution in [2.45, 2.75) is 19.8 Å². The summed E-state index contributed by atoms with van der Waals surface area (Å²) in [6.45, 7) is 3.81. The maximum atomic E-state index is 11.2. The Bertz CT molecular complexity index is 644. The van der Waals surface area contributed by atoms with Crippen LogP contribution in [0, 0.1) is 12.8 Å². The zero-order valence-electron chi connectivity index (χ0n) is 12.1. The number of piperidine rings is 1. The molecule has 0 spiro atoms. The summed E-state index contributed by atoms with van der Waals surface area (Å²) in [5, 5.41) is 3.15. The lowest BCUT2D eigenvalue weighted by Crippen LogP contribution is -2.38. The lowest BCUT2D eigenvalue weighted by molar-refractivity contribution is -0.122. The maximum absolute atomic E-state index is 11.2. The summed E-state index contributed by atoms with van der Waals surface area (Å²) in [7, 11) is 0. The van der Waals surface area contributed by atoms with E-state index in [1.807, 2.05) is 12.1 Å². The van der Waals surface area contributed by atoms with Gasteiger partial charge in [0.25, 0.3) is 0 Å². The molecule has 2 aromatic rings. The summed E-state index contributed by atoms with van der Waals surface area (Å²) in [5.41, 5.74) is 8.83. The molecule has 1 saturated heterocycles. The van der Waals surface area contributed by atoms with Crippen LogP contribution in [0.1, 0.15) is 18.4 Å². The van der Waals surface area contributed by atoms with Crippen LogP contribution in [-0.2, 0) is 4.79 Å². The Morgan fingerprint density at radius 3 is 2.71 bits per heavy atom. The third-order valence-electron chi connectivity index (χ3n) is 4.08. The molecule has 1 aliphatic rings. The van der Waals surface area contributed by atoms with Crippen molar-refractivity contribution in [3.8, 4) is 11.3 Å². The van der Waals surface area contributed by atoms with Crippen LogP contribution >= 0.6 is 11.3 Å². The Labute approximate surface area is 128 Å². The van der Waals surface area contributed by atoms with Gasteiger partial charge in [0.15, 0.2) is 5.13 Å². The van der Waals surface area contributed by atoms with Crippen LogP contribution in [0.5, 0.6) is 0 Å². The molecule has 1 aromatic carbocycles. The highest BCUT2D eigenvalue weighted by molar-refractivity contribution is 7.14. The van der Waals surface area contributed by atoms with Gasteiger partial charge in [0.1, 0.15) is 0 Å². The van der Waals surface area contributed by atoms with Crippen LogP contribution in [0.25, 0.3) is 11.3 Å². The fourth-order valence-electron chi connectivity index (χ4n) is 2.75. The number of nitrogens with two attached hydrogens (primary N) is 1. The van der Waals surface area contributed by atoms with Crippen molar-refractivity contribution < 1.29 is 4.79 Å². The molecule has 1 aromatic heterocycles. The number of hydrogen-bond donors (Lipinski definition) is 1. The fourth-order valence-corrected chi connectivity index (χ4v) is 3.63. The molecule has 110 valence electrons. The van der Waals surface area contributed by atoms with E-state index in [2.05, 4.69) is 29.3 Å². The molecule has 1 amide bonds. The van der Waals surface area contributed by atoms with E-state index in [-0.39, 0.29) is 11.8 Å². The molecule has 4 nitrogen and oxygen atoms in total. The number of nitrogens with zero attached hydrogens (tertiary/aromatic N) is 2. The van der Waals surface area contributed by atoms with Gasteiger partial charge in [-0.2, -0.15) is 0 Å². The van der Waals surface area contributed by atoms with Gasteiger partial charge in [0.05, 0.1) is 5.69 Å². The monoisotopic (exact) mass is 301 g/mol. The van der Waals surface area contributed by atoms with Gasteiger partial charge in [-0.25, -0.2) is 4.98 Å². The van der Waals surface area contributed by atoms with Gasteiger partial charge < -0.3 is 10.6 Å². The summed E-state index contributed by atoms with van der Waals surface area (Å²) in [4.78, 5) is 18.2. The Kier molecular flexibility index (Phi) is 3.92. The molecular weight excluding hydrogens is 282 g/mol. The number of thiazole rings is 1. The molecule has 1 aliphatic heterocycles. The molecule has 0 radical (unpaired) electrons. The summed E-state index contributed by atoms with van der Waals surface area (Å²) in [6.07, 6.45) is 1.66. The summed E-state index contributed by atoms with van der Waals surface area (Å²) in [6, 6.07) is 8.29. The van der Waals surface area contributed by atoms with E-state index in [9.17, 15) is 4.79 Å². The van der Waals surface area contributed by atoms with Gasteiger partial charge in [-0.3, -0.25) is 4.79 Å². The van der Waals surface area contributed by atoms with E-state index < -0.39 is 0 Å². The number of rotatable bonds is 3. The molecule has 5 heteroatoms. The van der Waals surface area contributed by atoms with Crippen LogP contribution in [0.4, 0.5) is 5.13 Å². The minimum atomic E-state index is -0.172. The second-order valence-corrected chi connectivity index (χ2v) is 6.33. The highest BCUT2D eigenvalue weighted by Crippen LogP contribution is 2.31. The van der Waals surface area contributed by atoms with Gasteiger partial charge in [-0.1, -0.05) is 24.3 Å². The second kappa shape index (κ2) is 5.85. The SMILES string of the molecule is Cc1ccccc1-c1csc(N2CCC(C(N)=O)CC2)n1. The van der Waals surface area contributed by atoms with Gasteiger partial charge in [-0.15, -0.1) is 11.3 Å². The Balaban J connectivity index is 1.74. The number of benzene rings is 1. The molecular formula is C16H19N3OS. The van der Waals surface area contributed by atoms with Crippen LogP contribution in [0.2, 0.25) is 0 Å². The van der Waals surface area contributed by atoms with E-state index in [1.165, 1.54) is 11.1 Å². The zero-order chi connectivity index (χ0) is 14.8. The third kappa shape index (κ3) is 2.93. The minimum absolute atomic E-state index is 0.0250. The summed E-state index contributed by atoms with van der Waals surface area (Å²) in [5.74, 6) is -0.147. The first-order chi connectivity index (χ1) is 10.1. The van der Waals surface area contributed by atoms with Crippen molar-refractivity contribution in [2.24, 2.45) is 11.7 Å². The van der Waals surface area contributed by atoms with Crippen LogP contribution in [-0.4, -0.2) is 24.0 Å². The number of amides is 1. The van der Waals surface area contributed by atoms with Crippen molar-refractivity contribution in [1.29, 1.82) is 0 Å². The maximum Gasteiger partial charge on any atom is 0.220 e. The average Bonchev–Trinajstić information content (AvgIpc) is 2.97. The number of primary amides is 1. The number of carbonyl (C=O) groups excluding carboxylic acids is 1. The topological polar surface area (TPSA) is 59.2 Å². The first-order valence-corrected chi connectivity index (χ1v) is 8.09. The first-order valence-electron chi connectivity index (χ1n) is 7.21. The summed E-state index contributed by atoms with van der Waals surface area (Å²) >= 11 is 1.67. The molecule has 0 atom stereocenters. The van der Waals surface area contributed by atoms with Crippen molar-refractivity contribution in [3.63, 3.8) is 0 Å². The number of anilines is 1. The lowest BCUT2D eigenvalue weighted by atomic mass is 9.97. The van der Waals surface area contributed by atoms with E-state index in [1.54, 1.807) is 11.3 Å². The second-order valence-electron chi connectivity index (χ2n) is 5.49. The van der Waals surface area contributed by atoms with Crippen LogP contribution in [0.3, 0.4) is 0 Å². The number of carbonyl (C=O) groups is 1. The van der Waals surface area contributed by atoms with Gasteiger partial charge in [0, 0.05) is 30.0 Å². The molecule has 0 aliphatic carbocycles. The zero-order valence-corrected chi connectivity index (χ0v) is 12.9. The highest BCUT2D eigenvalue weighted by atomic mass is 32.1. The fraction of sp³-hybridized carbons (Fsp3) is 0.375. The third-order valence-corrected chi connectivity index (χ3v) is 4.98. The Morgan fingerprint density at radius 1 is 1.33 bits per heavy atom. The van der Waals surface area contributed by atoms with E-state index in [0.717, 1.165) is 36.8 Å². The van der Waals surface area contributed by atoms with Crippen molar-refractivity contribution >= 4 is 22.4 Å². The molecule has 2 heterocycles. The van der Waals surface area contributed by atoms with Crippen molar-refractivity contribution in [1.82, 2.24) is 4.98 Å². The van der Waals surface area contributed by atoms with Gasteiger partial charge >= 0.3 is 0 Å². The van der Waals surface area contributed by atoms with Crippen LogP contribution < -0.4 is 10.6 Å². The van der Waals surface area contributed by atoms with Crippen LogP contribution in [0.15, 0.2) is 29.6 Å². The number of hydrogen-bond acceptors (Lipinski definition) is 4. The summed E-state index contributed by atoms with van der Waals surface area (Å²) < 4.78 is 0. The molecule has 3 rings (SSSR count). The average molecular weight is 301 g/mol. The Hall–Kier alpha value is -1.88. The quantitative estimate of drug-likeness (QED) is 0.948. The smallest absolute Gasteiger partial charge is 0.220 e. The molecule has 2 N–H and O–H groups in total. The minimum Gasteiger partial charge on any atom is -0.369 e. The predicted molar refractivity (Wildman–Crippen MR) is 86.4 cm³/mol. The first kappa shape index (κ1) is 14.1. The number of aryl methyl sites for hydroxylation is 1.